The molecule has 2 aliphatic rings. The van der Waals surface area contributed by atoms with Crippen LogP contribution in [-0.4, -0.2) is 66.5 Å². The number of hydrogen-bond donors (Lipinski definition) is 2. The molecule has 0 radical (unpaired) electrons. The Morgan fingerprint density at radius 1 is 0.938 bits per heavy atom. The second-order valence-electron chi connectivity index (χ2n) is 9.46. The van der Waals surface area contributed by atoms with E-state index in [1.807, 2.05) is 29.2 Å². The van der Waals surface area contributed by atoms with E-state index in [0.717, 1.165) is 56.1 Å². The van der Waals surface area contributed by atoms with Gasteiger partial charge in [-0.05, 0) is 83.7 Å². The van der Waals surface area contributed by atoms with Crippen LogP contribution in [0.5, 0.6) is 0 Å². The summed E-state index contributed by atoms with van der Waals surface area (Å²) in [6.45, 7) is 13.1. The zero-order valence-corrected chi connectivity index (χ0v) is 22.5. The van der Waals surface area contributed by atoms with E-state index < -0.39 is 0 Å². The molecule has 0 atom stereocenters. The van der Waals surface area contributed by atoms with E-state index in [1.54, 1.807) is 0 Å². The van der Waals surface area contributed by atoms with Crippen LogP contribution in [0.1, 0.15) is 75.2 Å². The van der Waals surface area contributed by atoms with Gasteiger partial charge in [-0.1, -0.05) is 18.6 Å². The van der Waals surface area contributed by atoms with Crippen molar-refractivity contribution in [2.45, 2.75) is 71.4 Å². The van der Waals surface area contributed by atoms with Crippen LogP contribution >= 0.6 is 24.0 Å². The van der Waals surface area contributed by atoms with Gasteiger partial charge in [0, 0.05) is 37.3 Å². The number of likely N-dealkylation sites (tertiary alicyclic amines) is 2. The summed E-state index contributed by atoms with van der Waals surface area (Å²) in [5, 5.41) is 6.90. The highest BCUT2D eigenvalue weighted by Gasteiger charge is 2.27. The highest BCUT2D eigenvalue weighted by atomic mass is 127. The van der Waals surface area contributed by atoms with Crippen molar-refractivity contribution < 1.29 is 4.79 Å². The van der Waals surface area contributed by atoms with Gasteiger partial charge < -0.3 is 15.5 Å². The molecule has 1 aromatic carbocycles. The van der Waals surface area contributed by atoms with Crippen molar-refractivity contribution in [3.8, 4) is 0 Å². The van der Waals surface area contributed by atoms with E-state index >= 15 is 0 Å². The fourth-order valence-corrected chi connectivity index (χ4v) is 4.46. The normalized spacial score (nSPS) is 18.1. The van der Waals surface area contributed by atoms with Crippen molar-refractivity contribution in [1.29, 1.82) is 0 Å². The minimum Gasteiger partial charge on any atom is -0.357 e. The Balaban J connectivity index is 0.00000363. The van der Waals surface area contributed by atoms with Crippen molar-refractivity contribution in [3.63, 3.8) is 0 Å². The number of nitrogens with one attached hydrogen (secondary N) is 2. The molecular weight excluding hydrogens is 513 g/mol. The zero-order chi connectivity index (χ0) is 22.1. The van der Waals surface area contributed by atoms with Gasteiger partial charge >= 0.3 is 0 Å². The van der Waals surface area contributed by atoms with Crippen molar-refractivity contribution >= 4 is 35.8 Å². The van der Waals surface area contributed by atoms with Crippen molar-refractivity contribution in [2.24, 2.45) is 4.99 Å². The Kier molecular flexibility index (Phi) is 11.2. The maximum absolute atomic E-state index is 12.6. The Bertz CT molecular complexity index is 722. The first-order valence-electron chi connectivity index (χ1n) is 12.1. The molecule has 3 rings (SSSR count). The van der Waals surface area contributed by atoms with Gasteiger partial charge in [-0.2, -0.15) is 0 Å². The number of rotatable bonds is 7. The fraction of sp³-hybridized carbons (Fsp3) is 0.680. The lowest BCUT2D eigenvalue weighted by Gasteiger charge is -2.41. The minimum atomic E-state index is 0. The number of carbonyl (C=O) groups excluding carboxylic acids is 1. The third kappa shape index (κ3) is 7.90. The average molecular weight is 556 g/mol. The molecule has 32 heavy (non-hydrogen) atoms. The Labute approximate surface area is 211 Å². The summed E-state index contributed by atoms with van der Waals surface area (Å²) < 4.78 is 0. The molecule has 180 valence electrons. The Morgan fingerprint density at radius 2 is 1.53 bits per heavy atom. The molecule has 6 nitrogen and oxygen atoms in total. The summed E-state index contributed by atoms with van der Waals surface area (Å²) in [7, 11) is 0. The van der Waals surface area contributed by atoms with Crippen LogP contribution in [-0.2, 0) is 6.54 Å². The first kappa shape index (κ1) is 26.9. The first-order valence-corrected chi connectivity index (χ1v) is 12.1. The fourth-order valence-electron chi connectivity index (χ4n) is 4.46. The molecule has 0 spiro atoms. The molecule has 2 aliphatic heterocycles. The summed E-state index contributed by atoms with van der Waals surface area (Å²) in [5.74, 6) is 1.01. The summed E-state index contributed by atoms with van der Waals surface area (Å²) in [6, 6.07) is 7.95. The van der Waals surface area contributed by atoms with E-state index in [0.29, 0.717) is 6.54 Å². The maximum atomic E-state index is 12.6. The van der Waals surface area contributed by atoms with Crippen molar-refractivity contribution in [3.05, 3.63) is 35.4 Å². The largest absolute Gasteiger partial charge is 0.357 e. The molecule has 1 aromatic rings. The van der Waals surface area contributed by atoms with Gasteiger partial charge in [-0.25, -0.2) is 4.99 Å². The number of aliphatic imine (C=N–C) groups is 1. The molecule has 7 heteroatoms. The predicted octanol–water partition coefficient (Wildman–Crippen LogP) is 4.25. The van der Waals surface area contributed by atoms with Crippen molar-refractivity contribution in [1.82, 2.24) is 20.4 Å². The molecule has 0 aliphatic carbocycles. The van der Waals surface area contributed by atoms with Crippen LogP contribution in [0, 0.1) is 0 Å². The number of hydrogen-bond acceptors (Lipinski definition) is 3. The van der Waals surface area contributed by atoms with Gasteiger partial charge in [0.1, 0.15) is 0 Å². The molecule has 2 fully saturated rings. The second-order valence-corrected chi connectivity index (χ2v) is 9.46. The van der Waals surface area contributed by atoms with Gasteiger partial charge in [0.15, 0.2) is 5.96 Å². The lowest BCUT2D eigenvalue weighted by Crippen LogP contribution is -2.54. The van der Waals surface area contributed by atoms with Crippen LogP contribution in [0.25, 0.3) is 0 Å². The topological polar surface area (TPSA) is 60.0 Å². The number of carbonyl (C=O) groups is 1. The Hall–Kier alpha value is -1.35. The third-order valence-electron chi connectivity index (χ3n) is 6.51. The number of halogens is 1. The molecule has 0 unspecified atom stereocenters. The van der Waals surface area contributed by atoms with Gasteiger partial charge in [0.2, 0.25) is 0 Å². The number of piperidine rings is 2. The lowest BCUT2D eigenvalue weighted by molar-refractivity contribution is 0.0724. The van der Waals surface area contributed by atoms with E-state index in [2.05, 4.69) is 36.3 Å². The molecule has 2 saturated heterocycles. The van der Waals surface area contributed by atoms with E-state index in [4.69, 9.17) is 4.99 Å². The van der Waals surface area contributed by atoms with Gasteiger partial charge in [-0.3, -0.25) is 9.69 Å². The van der Waals surface area contributed by atoms with Crippen LogP contribution in [0.3, 0.4) is 0 Å². The third-order valence-corrected chi connectivity index (χ3v) is 6.51. The van der Waals surface area contributed by atoms with E-state index in [-0.39, 0.29) is 35.4 Å². The molecule has 0 bridgehead atoms. The van der Waals surface area contributed by atoms with Crippen LogP contribution in [0.4, 0.5) is 0 Å². The molecule has 0 saturated carbocycles. The Morgan fingerprint density at radius 3 is 2.12 bits per heavy atom. The standard InChI is InChI=1S/C25H41N5O.HI/c1-4-26-24(28-20-25(2,3)30-17-9-6-10-18-30)27-19-21-11-13-22(14-12-21)23(31)29-15-7-5-8-16-29;/h11-14H,4-10,15-20H2,1-3H3,(H2,26,27,28);1H. The van der Waals surface area contributed by atoms with E-state index in [9.17, 15) is 4.79 Å². The van der Waals surface area contributed by atoms with Crippen LogP contribution in [0.2, 0.25) is 0 Å². The quantitative estimate of drug-likeness (QED) is 0.300. The summed E-state index contributed by atoms with van der Waals surface area (Å²) in [4.78, 5) is 22.0. The van der Waals surface area contributed by atoms with Gasteiger partial charge in [0.05, 0.1) is 6.54 Å². The van der Waals surface area contributed by atoms with Crippen molar-refractivity contribution in [2.75, 3.05) is 39.3 Å². The average Bonchev–Trinajstić information content (AvgIpc) is 2.82. The minimum absolute atomic E-state index is 0. The van der Waals surface area contributed by atoms with Gasteiger partial charge in [0.25, 0.3) is 5.91 Å². The summed E-state index contributed by atoms with van der Waals surface area (Å²) >= 11 is 0. The van der Waals surface area contributed by atoms with Crippen LogP contribution in [0.15, 0.2) is 29.3 Å². The second kappa shape index (κ2) is 13.4. The highest BCUT2D eigenvalue weighted by molar-refractivity contribution is 14.0. The lowest BCUT2D eigenvalue weighted by atomic mass is 9.98. The summed E-state index contributed by atoms with van der Waals surface area (Å²) in [5.41, 5.74) is 2.00. The first-order chi connectivity index (χ1) is 15.0. The summed E-state index contributed by atoms with van der Waals surface area (Å²) in [6.07, 6.45) is 7.42. The van der Waals surface area contributed by atoms with E-state index in [1.165, 1.54) is 38.8 Å². The monoisotopic (exact) mass is 555 g/mol. The van der Waals surface area contributed by atoms with Crippen LogP contribution < -0.4 is 10.6 Å². The molecule has 2 heterocycles. The zero-order valence-electron chi connectivity index (χ0n) is 20.2. The molecule has 0 aromatic heterocycles. The number of amides is 1. The molecule has 2 N–H and O–H groups in total. The molecule has 1 amide bonds. The number of nitrogens with zero attached hydrogens (tertiary/aromatic N) is 3. The highest BCUT2D eigenvalue weighted by Crippen LogP contribution is 2.20. The number of benzene rings is 1. The maximum Gasteiger partial charge on any atom is 0.253 e. The number of guanidine groups is 1. The molecular formula is C25H42IN5O. The predicted molar refractivity (Wildman–Crippen MR) is 144 cm³/mol. The SMILES string of the molecule is CCNC(=NCc1ccc(C(=O)N2CCCCC2)cc1)NCC(C)(C)N1CCCCC1.I. The smallest absolute Gasteiger partial charge is 0.253 e. The van der Waals surface area contributed by atoms with Gasteiger partial charge in [-0.15, -0.1) is 24.0 Å².